The van der Waals surface area contributed by atoms with Crippen molar-refractivity contribution in [2.75, 3.05) is 6.61 Å². The third-order valence-corrected chi connectivity index (χ3v) is 5.00. The maximum absolute atomic E-state index is 6.36. The summed E-state index contributed by atoms with van der Waals surface area (Å²) >= 11 is 0. The molecule has 0 saturated heterocycles. The van der Waals surface area contributed by atoms with E-state index in [2.05, 4.69) is 48.5 Å². The van der Waals surface area contributed by atoms with E-state index in [4.69, 9.17) is 10.5 Å². The molecule has 0 radical (unpaired) electrons. The molecule has 0 spiro atoms. The first-order valence-corrected chi connectivity index (χ1v) is 8.97. The topological polar surface area (TPSA) is 35.2 Å². The molecule has 2 N–H and O–H groups in total. The summed E-state index contributed by atoms with van der Waals surface area (Å²) < 4.78 is 4.80. The molecule has 2 aliphatic rings. The number of aryl methyl sites for hydroxylation is 1. The van der Waals surface area contributed by atoms with Gasteiger partial charge in [-0.1, -0.05) is 54.6 Å². The third-order valence-electron chi connectivity index (χ3n) is 5.00. The van der Waals surface area contributed by atoms with E-state index in [1.165, 1.54) is 45.5 Å². The molecule has 0 amide bonds. The normalized spacial score (nSPS) is 18.4. The van der Waals surface area contributed by atoms with Crippen LogP contribution in [0.5, 0.6) is 0 Å². The summed E-state index contributed by atoms with van der Waals surface area (Å²) in [5.74, 6) is 0. The van der Waals surface area contributed by atoms with Crippen molar-refractivity contribution >= 4 is 21.5 Å². The molecule has 3 aromatic carbocycles. The molecule has 3 aromatic rings. The van der Waals surface area contributed by atoms with Crippen molar-refractivity contribution in [3.05, 3.63) is 84.1 Å². The van der Waals surface area contributed by atoms with E-state index >= 15 is 0 Å². The van der Waals surface area contributed by atoms with Crippen LogP contribution in [0.25, 0.3) is 21.5 Å². The van der Waals surface area contributed by atoms with Gasteiger partial charge in [0.25, 0.3) is 0 Å². The Hall–Kier alpha value is -2.58. The molecule has 1 aliphatic carbocycles. The molecule has 2 nitrogen and oxygen atoms in total. The average Bonchev–Trinajstić information content (AvgIpc) is 2.69. The zero-order valence-electron chi connectivity index (χ0n) is 14.3. The molecule has 25 heavy (non-hydrogen) atoms. The lowest BCUT2D eigenvalue weighted by Crippen LogP contribution is -2.17. The fourth-order valence-corrected chi connectivity index (χ4v) is 3.82. The maximum atomic E-state index is 6.36. The second kappa shape index (κ2) is 7.12. The first kappa shape index (κ1) is 15.9. The Morgan fingerprint density at radius 2 is 1.76 bits per heavy atom. The maximum Gasteiger partial charge on any atom is 0.106 e. The molecule has 0 aromatic heterocycles. The number of ether oxygens (including phenoxy) is 1. The van der Waals surface area contributed by atoms with Gasteiger partial charge >= 0.3 is 0 Å². The van der Waals surface area contributed by atoms with Crippen molar-refractivity contribution in [3.63, 3.8) is 0 Å². The highest BCUT2D eigenvalue weighted by atomic mass is 16.5. The molecule has 5 rings (SSSR count). The summed E-state index contributed by atoms with van der Waals surface area (Å²) in [5.41, 5.74) is 9.19. The molecular formula is C23H23NO. The molecule has 1 aliphatic heterocycles. The molecule has 0 saturated carbocycles. The van der Waals surface area contributed by atoms with Gasteiger partial charge in [-0.25, -0.2) is 0 Å². The van der Waals surface area contributed by atoms with Gasteiger partial charge in [-0.3, -0.25) is 0 Å². The van der Waals surface area contributed by atoms with Gasteiger partial charge in [0.15, 0.2) is 0 Å². The van der Waals surface area contributed by atoms with Crippen LogP contribution in [0.2, 0.25) is 0 Å². The van der Waals surface area contributed by atoms with E-state index in [1.54, 1.807) is 6.26 Å². The Kier molecular flexibility index (Phi) is 4.53. The summed E-state index contributed by atoms with van der Waals surface area (Å²) in [6.45, 7) is 0.733. The lowest BCUT2D eigenvalue weighted by molar-refractivity contribution is 0.286. The molecule has 0 fully saturated rings. The summed E-state index contributed by atoms with van der Waals surface area (Å²) in [7, 11) is 0. The van der Waals surface area contributed by atoms with E-state index in [9.17, 15) is 0 Å². The second-order valence-corrected chi connectivity index (χ2v) is 6.61. The monoisotopic (exact) mass is 329 g/mol. The quantitative estimate of drug-likeness (QED) is 0.559. The second-order valence-electron chi connectivity index (χ2n) is 6.61. The number of hydrogen-bond donors (Lipinski definition) is 1. The van der Waals surface area contributed by atoms with Crippen molar-refractivity contribution in [3.8, 4) is 0 Å². The van der Waals surface area contributed by atoms with Crippen LogP contribution in [0.3, 0.4) is 0 Å². The largest absolute Gasteiger partial charge is 0.497 e. The molecular weight excluding hydrogens is 306 g/mol. The van der Waals surface area contributed by atoms with Crippen LogP contribution in [0.4, 0.5) is 0 Å². The number of hydrogen-bond acceptors (Lipinski definition) is 2. The summed E-state index contributed by atoms with van der Waals surface area (Å²) in [4.78, 5) is 0. The number of benzene rings is 3. The summed E-state index contributed by atoms with van der Waals surface area (Å²) in [5, 5.41) is 5.33. The van der Waals surface area contributed by atoms with Crippen LogP contribution in [-0.2, 0) is 11.2 Å². The highest BCUT2D eigenvalue weighted by Gasteiger charge is 2.19. The van der Waals surface area contributed by atoms with Crippen molar-refractivity contribution in [1.29, 1.82) is 0 Å². The van der Waals surface area contributed by atoms with Crippen molar-refractivity contribution in [2.45, 2.75) is 25.3 Å². The summed E-state index contributed by atoms with van der Waals surface area (Å²) in [6, 6.07) is 17.8. The molecule has 0 bridgehead atoms. The fraction of sp³-hybridized carbons (Fsp3) is 0.217. The van der Waals surface area contributed by atoms with E-state index in [0.29, 0.717) is 0 Å². The van der Waals surface area contributed by atoms with Crippen molar-refractivity contribution in [2.24, 2.45) is 5.73 Å². The standard InChI is InChI=1S/C18H17N.C5H6O/c19-17-7-3-5-13-9-10-15-14-6-2-1-4-12(14)8-11-16(15)18(13)17;1-2-4-6-5-3-1/h1-2,4,6,8-11,17H,3,5,7,19H2;1-4H,5H2. The van der Waals surface area contributed by atoms with Gasteiger partial charge in [0, 0.05) is 6.04 Å². The Morgan fingerprint density at radius 1 is 0.880 bits per heavy atom. The van der Waals surface area contributed by atoms with E-state index in [1.807, 2.05) is 18.2 Å². The zero-order chi connectivity index (χ0) is 17.1. The van der Waals surface area contributed by atoms with Crippen LogP contribution in [0.15, 0.2) is 73.0 Å². The lowest BCUT2D eigenvalue weighted by atomic mass is 9.84. The minimum absolute atomic E-state index is 0.202. The first-order valence-electron chi connectivity index (χ1n) is 8.97. The molecule has 2 heteroatoms. The zero-order valence-corrected chi connectivity index (χ0v) is 14.3. The van der Waals surface area contributed by atoms with Crippen LogP contribution in [0.1, 0.15) is 30.0 Å². The smallest absolute Gasteiger partial charge is 0.106 e. The Bertz CT molecular complexity index is 943. The Morgan fingerprint density at radius 3 is 2.52 bits per heavy atom. The lowest BCUT2D eigenvalue weighted by Gasteiger charge is -2.24. The van der Waals surface area contributed by atoms with Gasteiger partial charge in [-0.05, 0) is 64.1 Å². The minimum Gasteiger partial charge on any atom is -0.497 e. The highest BCUT2D eigenvalue weighted by Crippen LogP contribution is 2.36. The van der Waals surface area contributed by atoms with E-state index in [0.717, 1.165) is 13.0 Å². The molecule has 126 valence electrons. The van der Waals surface area contributed by atoms with Crippen LogP contribution in [0, 0.1) is 0 Å². The van der Waals surface area contributed by atoms with Gasteiger partial charge in [0.2, 0.25) is 0 Å². The molecule has 1 atom stereocenters. The van der Waals surface area contributed by atoms with Gasteiger partial charge in [-0.2, -0.15) is 0 Å². The summed E-state index contributed by atoms with van der Waals surface area (Å²) in [6.07, 6.45) is 11.0. The van der Waals surface area contributed by atoms with Crippen LogP contribution in [-0.4, -0.2) is 6.61 Å². The fourth-order valence-electron chi connectivity index (χ4n) is 3.82. The number of allylic oxidation sites excluding steroid dienone is 2. The Labute approximate surface area is 148 Å². The average molecular weight is 329 g/mol. The molecule has 1 heterocycles. The van der Waals surface area contributed by atoms with Gasteiger partial charge < -0.3 is 10.5 Å². The van der Waals surface area contributed by atoms with Gasteiger partial charge in [-0.15, -0.1) is 0 Å². The number of nitrogens with two attached hydrogens (primary N) is 1. The van der Waals surface area contributed by atoms with E-state index < -0.39 is 0 Å². The third kappa shape index (κ3) is 3.18. The van der Waals surface area contributed by atoms with Crippen molar-refractivity contribution in [1.82, 2.24) is 0 Å². The minimum atomic E-state index is 0.202. The van der Waals surface area contributed by atoms with E-state index in [-0.39, 0.29) is 6.04 Å². The Balaban J connectivity index is 0.000000223. The van der Waals surface area contributed by atoms with Gasteiger partial charge in [0.05, 0.1) is 6.26 Å². The van der Waals surface area contributed by atoms with Crippen molar-refractivity contribution < 1.29 is 4.74 Å². The SMILES string of the molecule is C1=CCOC=C1.NC1CCCc2ccc3c(ccc4ccccc43)c21. The van der Waals surface area contributed by atoms with Crippen LogP contribution < -0.4 is 5.73 Å². The number of fused-ring (bicyclic) bond motifs is 5. The highest BCUT2D eigenvalue weighted by molar-refractivity contribution is 6.08. The van der Waals surface area contributed by atoms with Crippen LogP contribution >= 0.6 is 0 Å². The van der Waals surface area contributed by atoms with Gasteiger partial charge in [0.1, 0.15) is 6.61 Å². The predicted molar refractivity (Wildman–Crippen MR) is 106 cm³/mol. The number of rotatable bonds is 0. The first-order chi connectivity index (χ1) is 12.3. The predicted octanol–water partition coefficient (Wildman–Crippen LogP) is 5.42. The molecule has 1 unspecified atom stereocenters.